The van der Waals surface area contributed by atoms with Crippen molar-refractivity contribution in [2.75, 3.05) is 45.8 Å². The summed E-state index contributed by atoms with van der Waals surface area (Å²) in [6.45, 7) is 7.01. The first-order chi connectivity index (χ1) is 13.8. The molecule has 0 bridgehead atoms. The van der Waals surface area contributed by atoms with Crippen LogP contribution in [0.2, 0.25) is 0 Å². The van der Waals surface area contributed by atoms with Crippen molar-refractivity contribution in [3.8, 4) is 5.75 Å². The first kappa shape index (κ1) is 22.1. The zero-order valence-corrected chi connectivity index (χ0v) is 18.5. The average Bonchev–Trinajstić information content (AvgIpc) is 2.70. The van der Waals surface area contributed by atoms with E-state index < -0.39 is 5.97 Å². The van der Waals surface area contributed by atoms with E-state index in [1.807, 2.05) is 28.9 Å². The number of hydrogen-bond donors (Lipinski definition) is 2. The molecule has 1 amide bonds. The van der Waals surface area contributed by atoms with Crippen molar-refractivity contribution in [2.24, 2.45) is 5.92 Å². The number of carboxylic acid groups (broad SMARTS) is 1. The van der Waals surface area contributed by atoms with Gasteiger partial charge in [-0.15, -0.1) is 0 Å². The minimum atomic E-state index is -0.760. The number of hydrogen-bond acceptors (Lipinski definition) is 5. The van der Waals surface area contributed by atoms with Crippen molar-refractivity contribution >= 4 is 27.8 Å². The second-order valence-electron chi connectivity index (χ2n) is 8.15. The largest absolute Gasteiger partial charge is 0.507 e. The molecule has 2 aliphatic heterocycles. The number of halogens is 1. The van der Waals surface area contributed by atoms with Crippen LogP contribution in [0, 0.1) is 5.92 Å². The van der Waals surface area contributed by atoms with E-state index in [1.165, 1.54) is 0 Å². The Labute approximate surface area is 180 Å². The normalized spacial score (nSPS) is 20.6. The van der Waals surface area contributed by atoms with Gasteiger partial charge in [0, 0.05) is 51.2 Å². The number of aromatic hydroxyl groups is 1. The van der Waals surface area contributed by atoms with Crippen LogP contribution >= 0.6 is 15.9 Å². The molecule has 0 aromatic heterocycles. The van der Waals surface area contributed by atoms with Gasteiger partial charge in [-0.3, -0.25) is 19.4 Å². The Kier molecular flexibility index (Phi) is 7.54. The molecule has 0 radical (unpaired) electrons. The van der Waals surface area contributed by atoms with Crippen LogP contribution in [0.1, 0.15) is 25.3 Å². The molecule has 0 unspecified atom stereocenters. The lowest BCUT2D eigenvalue weighted by Crippen LogP contribution is -2.55. The monoisotopic (exact) mass is 467 g/mol. The first-order valence-corrected chi connectivity index (χ1v) is 11.1. The molecule has 2 aliphatic rings. The van der Waals surface area contributed by atoms with E-state index in [0.717, 1.165) is 57.7 Å². The average molecular weight is 468 g/mol. The van der Waals surface area contributed by atoms with Gasteiger partial charge in [-0.25, -0.2) is 0 Å². The zero-order chi connectivity index (χ0) is 21.0. The molecular weight excluding hydrogens is 438 g/mol. The number of phenolic OH excluding ortho intramolecular Hbond substituents is 1. The van der Waals surface area contributed by atoms with Crippen LogP contribution in [0.3, 0.4) is 0 Å². The standard InChI is InChI=1S/C21H30BrN3O4/c1-15(12-16-2-3-19(26)18(22)13-16)21(29)25-10-8-24(9-11-25)17-4-6-23(7-5-17)14-20(27)28/h2-3,13,15,17,26H,4-12,14H2,1H3,(H,27,28)/t15-/m1/s1. The summed E-state index contributed by atoms with van der Waals surface area (Å²) in [6, 6.07) is 5.87. The summed E-state index contributed by atoms with van der Waals surface area (Å²) in [5, 5.41) is 18.5. The van der Waals surface area contributed by atoms with Gasteiger partial charge >= 0.3 is 5.97 Å². The Hall–Kier alpha value is -1.64. The van der Waals surface area contributed by atoms with Crippen LogP contribution in [0.5, 0.6) is 5.75 Å². The summed E-state index contributed by atoms with van der Waals surface area (Å²) < 4.78 is 0.651. The fraction of sp³-hybridized carbons (Fsp3) is 0.619. The number of piperazine rings is 1. The van der Waals surface area contributed by atoms with E-state index in [0.29, 0.717) is 16.9 Å². The third kappa shape index (κ3) is 5.93. The summed E-state index contributed by atoms with van der Waals surface area (Å²) >= 11 is 3.33. The zero-order valence-electron chi connectivity index (χ0n) is 16.9. The van der Waals surface area contributed by atoms with Gasteiger partial charge in [0.2, 0.25) is 5.91 Å². The lowest BCUT2D eigenvalue weighted by Gasteiger charge is -2.43. The summed E-state index contributed by atoms with van der Waals surface area (Å²) in [7, 11) is 0. The fourth-order valence-electron chi connectivity index (χ4n) is 4.37. The Bertz CT molecular complexity index is 729. The van der Waals surface area contributed by atoms with E-state index in [4.69, 9.17) is 5.11 Å². The number of aliphatic carboxylic acids is 1. The SMILES string of the molecule is C[C@H](Cc1ccc(O)c(Br)c1)C(=O)N1CCN(C2CCN(CC(=O)O)CC2)CC1. The van der Waals surface area contributed by atoms with Crippen molar-refractivity contribution in [2.45, 2.75) is 32.2 Å². The molecule has 2 saturated heterocycles. The molecule has 7 nitrogen and oxygen atoms in total. The highest BCUT2D eigenvalue weighted by atomic mass is 79.9. The van der Waals surface area contributed by atoms with Crippen LogP contribution in [0.4, 0.5) is 0 Å². The van der Waals surface area contributed by atoms with Crippen LogP contribution in [0.25, 0.3) is 0 Å². The highest BCUT2D eigenvalue weighted by Gasteiger charge is 2.30. The Morgan fingerprint density at radius 2 is 1.79 bits per heavy atom. The van der Waals surface area contributed by atoms with Gasteiger partial charge in [-0.05, 0) is 52.9 Å². The van der Waals surface area contributed by atoms with Gasteiger partial charge in [0.25, 0.3) is 0 Å². The molecule has 0 spiro atoms. The number of carboxylic acids is 1. The first-order valence-electron chi connectivity index (χ1n) is 10.3. The molecule has 2 N–H and O–H groups in total. The van der Waals surface area contributed by atoms with Crippen molar-refractivity contribution in [3.63, 3.8) is 0 Å². The molecule has 160 valence electrons. The molecule has 8 heteroatoms. The van der Waals surface area contributed by atoms with Crippen LogP contribution < -0.4 is 0 Å². The molecule has 0 aliphatic carbocycles. The quantitative estimate of drug-likeness (QED) is 0.665. The number of likely N-dealkylation sites (tertiary alicyclic amines) is 1. The molecule has 0 saturated carbocycles. The topological polar surface area (TPSA) is 84.3 Å². The Morgan fingerprint density at radius 3 is 2.38 bits per heavy atom. The lowest BCUT2D eigenvalue weighted by molar-refractivity contribution is -0.138. The highest BCUT2D eigenvalue weighted by Crippen LogP contribution is 2.26. The second kappa shape index (κ2) is 9.91. The number of carbonyl (C=O) groups excluding carboxylic acids is 1. The molecule has 1 aromatic carbocycles. The molecule has 2 heterocycles. The summed E-state index contributed by atoms with van der Waals surface area (Å²) in [5.41, 5.74) is 1.03. The van der Waals surface area contributed by atoms with Crippen molar-refractivity contribution in [3.05, 3.63) is 28.2 Å². The number of amides is 1. The molecular formula is C21H30BrN3O4. The van der Waals surface area contributed by atoms with Crippen molar-refractivity contribution in [1.29, 1.82) is 0 Å². The van der Waals surface area contributed by atoms with Gasteiger partial charge in [-0.2, -0.15) is 0 Å². The minimum absolute atomic E-state index is 0.0998. The van der Waals surface area contributed by atoms with E-state index in [2.05, 4.69) is 20.8 Å². The Morgan fingerprint density at radius 1 is 1.14 bits per heavy atom. The lowest BCUT2D eigenvalue weighted by atomic mass is 9.98. The Balaban J connectivity index is 1.44. The van der Waals surface area contributed by atoms with Crippen LogP contribution in [0.15, 0.2) is 22.7 Å². The number of rotatable bonds is 6. The predicted molar refractivity (Wildman–Crippen MR) is 114 cm³/mol. The number of benzene rings is 1. The highest BCUT2D eigenvalue weighted by molar-refractivity contribution is 9.10. The number of phenols is 1. The molecule has 29 heavy (non-hydrogen) atoms. The van der Waals surface area contributed by atoms with E-state index in [1.54, 1.807) is 6.07 Å². The van der Waals surface area contributed by atoms with Gasteiger partial charge in [0.05, 0.1) is 11.0 Å². The third-order valence-electron chi connectivity index (χ3n) is 6.03. The summed E-state index contributed by atoms with van der Waals surface area (Å²) in [4.78, 5) is 30.1. The van der Waals surface area contributed by atoms with Crippen molar-refractivity contribution in [1.82, 2.24) is 14.7 Å². The van der Waals surface area contributed by atoms with Crippen LogP contribution in [-0.2, 0) is 16.0 Å². The summed E-state index contributed by atoms with van der Waals surface area (Å²) in [5.74, 6) is -0.468. The van der Waals surface area contributed by atoms with E-state index >= 15 is 0 Å². The van der Waals surface area contributed by atoms with Crippen molar-refractivity contribution < 1.29 is 19.8 Å². The maximum Gasteiger partial charge on any atom is 0.317 e. The summed E-state index contributed by atoms with van der Waals surface area (Å²) in [6.07, 6.45) is 2.64. The van der Waals surface area contributed by atoms with E-state index in [9.17, 15) is 14.7 Å². The fourth-order valence-corrected chi connectivity index (χ4v) is 4.80. The third-order valence-corrected chi connectivity index (χ3v) is 6.67. The van der Waals surface area contributed by atoms with Gasteiger partial charge in [-0.1, -0.05) is 13.0 Å². The van der Waals surface area contributed by atoms with E-state index in [-0.39, 0.29) is 24.1 Å². The predicted octanol–water partition coefficient (Wildman–Crippen LogP) is 2.03. The number of carbonyl (C=O) groups is 2. The van der Waals surface area contributed by atoms with Crippen LogP contribution in [-0.4, -0.2) is 88.6 Å². The maximum atomic E-state index is 12.9. The molecule has 3 rings (SSSR count). The molecule has 1 aromatic rings. The molecule has 2 fully saturated rings. The van der Waals surface area contributed by atoms with Gasteiger partial charge < -0.3 is 15.1 Å². The molecule has 1 atom stereocenters. The smallest absolute Gasteiger partial charge is 0.317 e. The number of piperidine rings is 1. The van der Waals surface area contributed by atoms with Gasteiger partial charge in [0.15, 0.2) is 0 Å². The number of nitrogens with zero attached hydrogens (tertiary/aromatic N) is 3. The minimum Gasteiger partial charge on any atom is -0.507 e. The maximum absolute atomic E-state index is 12.9. The van der Waals surface area contributed by atoms with Gasteiger partial charge in [0.1, 0.15) is 5.75 Å². The second-order valence-corrected chi connectivity index (χ2v) is 9.01.